The number of anilines is 6. The maximum atomic E-state index is 13.7. The number of aromatic nitrogens is 5. The van der Waals surface area contributed by atoms with Crippen LogP contribution in [0.1, 0.15) is 73.9 Å². The zero-order chi connectivity index (χ0) is 52.3. The number of rotatable bonds is 14. The van der Waals surface area contributed by atoms with E-state index in [1.165, 1.54) is 10.6 Å². The Morgan fingerprint density at radius 1 is 0.773 bits per heavy atom. The van der Waals surface area contributed by atoms with Crippen LogP contribution in [0.3, 0.4) is 0 Å². The number of piperidine rings is 3. The maximum absolute atomic E-state index is 13.7. The van der Waals surface area contributed by atoms with E-state index in [4.69, 9.17) is 9.72 Å². The highest BCUT2D eigenvalue weighted by molar-refractivity contribution is 6.13. The second-order valence-electron chi connectivity index (χ2n) is 20.1. The van der Waals surface area contributed by atoms with Crippen LogP contribution in [0, 0.1) is 17.8 Å². The molecule has 4 aliphatic heterocycles. The summed E-state index contributed by atoms with van der Waals surface area (Å²) in [5.74, 6) is 2.21. The summed E-state index contributed by atoms with van der Waals surface area (Å²) in [7, 11) is 3.62. The summed E-state index contributed by atoms with van der Waals surface area (Å²) >= 11 is 0. The van der Waals surface area contributed by atoms with Crippen LogP contribution in [-0.4, -0.2) is 129 Å². The Bertz CT molecular complexity index is 3120. The average Bonchev–Trinajstić information content (AvgIpc) is 3.80. The Morgan fingerprint density at radius 3 is 2.23 bits per heavy atom. The number of fused-ring (bicyclic) bond motifs is 2. The van der Waals surface area contributed by atoms with Gasteiger partial charge in [0.2, 0.25) is 17.8 Å². The number of nitrogens with one attached hydrogen (secondary N) is 3. The Labute approximate surface area is 436 Å². The van der Waals surface area contributed by atoms with Gasteiger partial charge in [-0.05, 0) is 124 Å². The van der Waals surface area contributed by atoms with Crippen molar-refractivity contribution in [3.05, 3.63) is 112 Å². The number of nitrogens with zero attached hydrogens (tertiary/aromatic N) is 9. The lowest BCUT2D eigenvalue weighted by atomic mass is 9.91. The molecule has 75 heavy (non-hydrogen) atoms. The summed E-state index contributed by atoms with van der Waals surface area (Å²) in [5.41, 5.74) is 5.92. The van der Waals surface area contributed by atoms with Gasteiger partial charge in [-0.3, -0.25) is 19.3 Å². The topological polar surface area (TPSA) is 218 Å². The van der Waals surface area contributed by atoms with Crippen molar-refractivity contribution < 1.29 is 29.3 Å². The number of hydrogen-bond donors (Lipinski definition) is 5. The van der Waals surface area contributed by atoms with E-state index in [2.05, 4.69) is 35.6 Å². The molecule has 5 N–H and O–H groups in total. The standard InChI is InChI=1S/C56H66N12O7/c1-5-37-29-43(48(70)31-47(37)69)50-61-62-56(74)68(50)40-13-11-36(12-14-40)34-65-23-19-39(20-24-65)53(72)67-25-17-35(18-26-67)32-57-52(71)38-21-27-66(28-22-38)41-15-16-44(49(30-41)75-6-2)59-55-58-33-46-51(60-55)63(3)45-10-8-7-9-42(45)54(73)64(46)4/h7-16,29-31,33,35,38-39,69-70H,5-6,17-28,32,34H2,1-4H3,(H,57,71)(H,62,74)(H,58,59,60). The monoisotopic (exact) mass is 1020 g/mol. The van der Waals surface area contributed by atoms with Gasteiger partial charge in [0.05, 0.1) is 41.0 Å². The molecule has 0 radical (unpaired) electrons. The van der Waals surface area contributed by atoms with Crippen molar-refractivity contribution in [1.29, 1.82) is 0 Å². The van der Waals surface area contributed by atoms with Crippen molar-refractivity contribution in [3.63, 3.8) is 0 Å². The van der Waals surface area contributed by atoms with Gasteiger partial charge in [-0.15, -0.1) is 0 Å². The molecule has 0 saturated carbocycles. The molecule has 3 amide bonds. The number of carbonyl (C=O) groups excluding carboxylic acids is 3. The van der Waals surface area contributed by atoms with Gasteiger partial charge in [0, 0.05) is 83.0 Å². The van der Waals surface area contributed by atoms with E-state index in [0.717, 1.165) is 93.9 Å². The summed E-state index contributed by atoms with van der Waals surface area (Å²) in [5, 5.41) is 34.1. The average molecular weight is 1020 g/mol. The van der Waals surface area contributed by atoms with E-state index >= 15 is 0 Å². The number of aryl methyl sites for hydroxylation is 1. The Kier molecular flexibility index (Phi) is 14.8. The van der Waals surface area contributed by atoms with Crippen LogP contribution in [0.15, 0.2) is 89.9 Å². The summed E-state index contributed by atoms with van der Waals surface area (Å²) in [4.78, 5) is 72.9. The molecule has 0 atom stereocenters. The number of amides is 3. The molecule has 0 spiro atoms. The molecule has 392 valence electrons. The number of phenols is 2. The molecule has 4 aromatic carbocycles. The van der Waals surface area contributed by atoms with Crippen molar-refractivity contribution in [2.24, 2.45) is 17.8 Å². The molecule has 4 aliphatic rings. The fraction of sp³-hybridized carbons (Fsp3) is 0.411. The van der Waals surface area contributed by atoms with Gasteiger partial charge in [0.25, 0.3) is 5.91 Å². The summed E-state index contributed by atoms with van der Waals surface area (Å²) in [6, 6.07) is 24.1. The van der Waals surface area contributed by atoms with Crippen molar-refractivity contribution in [3.8, 4) is 34.3 Å². The number of carbonyl (C=O) groups is 3. The summed E-state index contributed by atoms with van der Waals surface area (Å²) < 4.78 is 7.53. The molecule has 3 saturated heterocycles. The zero-order valence-corrected chi connectivity index (χ0v) is 43.1. The van der Waals surface area contributed by atoms with Gasteiger partial charge in [-0.25, -0.2) is 19.4 Å². The number of aromatic amines is 1. The van der Waals surface area contributed by atoms with Crippen LogP contribution in [0.5, 0.6) is 17.2 Å². The van der Waals surface area contributed by atoms with Gasteiger partial charge >= 0.3 is 5.69 Å². The number of likely N-dealkylation sites (tertiary alicyclic amines) is 2. The molecule has 2 aromatic heterocycles. The fourth-order valence-corrected chi connectivity index (χ4v) is 11.0. The Balaban J connectivity index is 0.653. The number of phenolic OH excluding ortho intramolecular Hbond substituents is 2. The van der Waals surface area contributed by atoms with Crippen LogP contribution in [0.4, 0.5) is 34.5 Å². The lowest BCUT2D eigenvalue weighted by Gasteiger charge is -2.37. The van der Waals surface area contributed by atoms with Gasteiger partial charge in [0.15, 0.2) is 11.6 Å². The molecular weight excluding hydrogens is 953 g/mol. The van der Waals surface area contributed by atoms with E-state index in [1.807, 2.05) is 97.4 Å². The Morgan fingerprint density at radius 2 is 1.49 bits per heavy atom. The Hall–Kier alpha value is -7.93. The van der Waals surface area contributed by atoms with Crippen molar-refractivity contribution in [2.75, 3.05) is 86.5 Å². The molecule has 6 heterocycles. The molecule has 0 bridgehead atoms. The highest BCUT2D eigenvalue weighted by atomic mass is 16.5. The van der Waals surface area contributed by atoms with E-state index < -0.39 is 5.69 Å². The zero-order valence-electron chi connectivity index (χ0n) is 43.1. The van der Waals surface area contributed by atoms with E-state index in [9.17, 15) is 29.4 Å². The second-order valence-corrected chi connectivity index (χ2v) is 20.1. The maximum Gasteiger partial charge on any atom is 0.348 e. The van der Waals surface area contributed by atoms with Crippen LogP contribution in [0.25, 0.3) is 17.1 Å². The minimum Gasteiger partial charge on any atom is -0.508 e. The number of hydrogen-bond acceptors (Lipinski definition) is 14. The van der Waals surface area contributed by atoms with Crippen molar-refractivity contribution in [2.45, 2.75) is 65.3 Å². The second kappa shape index (κ2) is 21.9. The first-order chi connectivity index (χ1) is 36.4. The third-order valence-electron chi connectivity index (χ3n) is 15.5. The minimum atomic E-state index is -0.437. The number of aromatic hydroxyl groups is 2. The fourth-order valence-electron chi connectivity index (χ4n) is 11.0. The van der Waals surface area contributed by atoms with E-state index in [0.29, 0.717) is 84.2 Å². The predicted molar refractivity (Wildman–Crippen MR) is 288 cm³/mol. The highest BCUT2D eigenvalue weighted by Gasteiger charge is 2.33. The van der Waals surface area contributed by atoms with Crippen molar-refractivity contribution in [1.82, 2.24) is 39.8 Å². The molecule has 3 fully saturated rings. The highest BCUT2D eigenvalue weighted by Crippen LogP contribution is 2.40. The summed E-state index contributed by atoms with van der Waals surface area (Å²) in [6.45, 7) is 10.2. The molecule has 10 rings (SSSR count). The van der Waals surface area contributed by atoms with Crippen LogP contribution in [0.2, 0.25) is 0 Å². The minimum absolute atomic E-state index is 0.000632. The van der Waals surface area contributed by atoms with Gasteiger partial charge < -0.3 is 45.2 Å². The third kappa shape index (κ3) is 10.6. The largest absolute Gasteiger partial charge is 0.508 e. The van der Waals surface area contributed by atoms with E-state index in [1.54, 1.807) is 24.2 Å². The number of para-hydroxylation sites is 1. The predicted octanol–water partition coefficient (Wildman–Crippen LogP) is 6.97. The normalized spacial score (nSPS) is 16.9. The number of benzene rings is 4. The third-order valence-corrected chi connectivity index (χ3v) is 15.5. The van der Waals surface area contributed by atoms with Gasteiger partial charge in [-0.1, -0.05) is 31.2 Å². The van der Waals surface area contributed by atoms with Gasteiger partial charge in [0.1, 0.15) is 22.9 Å². The first-order valence-corrected chi connectivity index (χ1v) is 26.2. The quantitative estimate of drug-likeness (QED) is 0.0745. The van der Waals surface area contributed by atoms with E-state index in [-0.39, 0.29) is 46.9 Å². The first-order valence-electron chi connectivity index (χ1n) is 26.2. The molecule has 19 heteroatoms. The van der Waals surface area contributed by atoms with Crippen LogP contribution in [-0.2, 0) is 22.6 Å². The van der Waals surface area contributed by atoms with Crippen LogP contribution >= 0.6 is 0 Å². The first kappa shape index (κ1) is 50.6. The van der Waals surface area contributed by atoms with Crippen LogP contribution < -0.4 is 35.8 Å². The lowest BCUT2D eigenvalue weighted by Crippen LogP contribution is -2.47. The number of H-pyrrole nitrogens is 1. The summed E-state index contributed by atoms with van der Waals surface area (Å²) in [6.07, 6.45) is 7.04. The molecular formula is C56H66N12O7. The molecule has 0 unspecified atom stereocenters. The SMILES string of the molecule is CCOc1cc(N2CCC(C(=O)NCC3CCN(C(=O)C4CCN(Cc5ccc(-n6c(-c7cc(CC)c(O)cc7O)n[nH]c6=O)cc5)CC4)CC3)CC2)ccc1Nc1ncc2c(n1)N(C)c1ccccc1C(=O)N2C. The van der Waals surface area contributed by atoms with Crippen molar-refractivity contribution >= 4 is 52.2 Å². The molecule has 19 nitrogen and oxygen atoms in total. The molecule has 0 aliphatic carbocycles. The smallest absolute Gasteiger partial charge is 0.348 e. The lowest BCUT2D eigenvalue weighted by molar-refractivity contribution is -0.138. The molecule has 6 aromatic rings. The van der Waals surface area contributed by atoms with Gasteiger partial charge in [-0.2, -0.15) is 10.1 Å². The number of ether oxygens (including phenoxy) is 1.